The number of carbonyl (C=O) groups excluding carboxylic acids is 1. The summed E-state index contributed by atoms with van der Waals surface area (Å²) in [7, 11) is 1.61. The maximum Gasteiger partial charge on any atom is 0.255 e. The zero-order chi connectivity index (χ0) is 21.2. The molecule has 0 aliphatic carbocycles. The molecule has 0 spiro atoms. The largest absolute Gasteiger partial charge is 0.495 e. The molecule has 1 aliphatic heterocycles. The number of nitrogens with one attached hydrogen (secondary N) is 1. The van der Waals surface area contributed by atoms with Gasteiger partial charge in [0, 0.05) is 24.3 Å². The Balaban J connectivity index is 1.44. The van der Waals surface area contributed by atoms with Crippen LogP contribution in [0.3, 0.4) is 0 Å². The third-order valence-electron chi connectivity index (χ3n) is 5.71. The summed E-state index contributed by atoms with van der Waals surface area (Å²) in [6, 6.07) is 23.4. The Morgan fingerprint density at radius 2 is 1.81 bits per heavy atom. The predicted molar refractivity (Wildman–Crippen MR) is 123 cm³/mol. The zero-order valence-corrected chi connectivity index (χ0v) is 17.4. The number of ether oxygens (including phenoxy) is 1. The van der Waals surface area contributed by atoms with Crippen LogP contribution in [0.5, 0.6) is 5.75 Å². The van der Waals surface area contributed by atoms with Crippen LogP contribution in [0, 0.1) is 0 Å². The Hall–Kier alpha value is -3.80. The van der Waals surface area contributed by atoms with Crippen molar-refractivity contribution < 1.29 is 9.53 Å². The highest BCUT2D eigenvalue weighted by molar-refractivity contribution is 6.05. The molecule has 2 heterocycles. The Morgan fingerprint density at radius 3 is 2.65 bits per heavy atom. The highest BCUT2D eigenvalue weighted by Crippen LogP contribution is 2.32. The van der Waals surface area contributed by atoms with Crippen LogP contribution >= 0.6 is 0 Å². The maximum atomic E-state index is 12.7. The molecule has 0 atom stereocenters. The molecule has 6 heteroatoms. The van der Waals surface area contributed by atoms with Crippen LogP contribution in [-0.2, 0) is 13.1 Å². The van der Waals surface area contributed by atoms with Gasteiger partial charge in [0.25, 0.3) is 5.91 Å². The van der Waals surface area contributed by atoms with E-state index in [-0.39, 0.29) is 5.91 Å². The van der Waals surface area contributed by atoms with Gasteiger partial charge in [-0.3, -0.25) is 4.79 Å². The summed E-state index contributed by atoms with van der Waals surface area (Å²) >= 11 is 0. The van der Waals surface area contributed by atoms with Crippen molar-refractivity contribution >= 4 is 28.3 Å². The normalized spacial score (nSPS) is 13.5. The second kappa shape index (κ2) is 8.14. The number of amides is 1. The van der Waals surface area contributed by atoms with Crippen molar-refractivity contribution in [2.45, 2.75) is 19.5 Å². The molecule has 1 N–H and O–H groups in total. The van der Waals surface area contributed by atoms with Gasteiger partial charge >= 0.3 is 0 Å². The van der Waals surface area contributed by atoms with Gasteiger partial charge in [0.2, 0.25) is 0 Å². The zero-order valence-electron chi connectivity index (χ0n) is 17.4. The van der Waals surface area contributed by atoms with Gasteiger partial charge in [0.1, 0.15) is 11.6 Å². The Morgan fingerprint density at radius 1 is 1.00 bits per heavy atom. The van der Waals surface area contributed by atoms with Crippen molar-refractivity contribution in [1.82, 2.24) is 9.55 Å². The Kier molecular flexibility index (Phi) is 5.04. The highest BCUT2D eigenvalue weighted by atomic mass is 16.5. The molecule has 1 aliphatic rings. The number of methoxy groups -OCH3 is 1. The van der Waals surface area contributed by atoms with E-state index >= 15 is 0 Å². The average molecular weight is 412 g/mol. The summed E-state index contributed by atoms with van der Waals surface area (Å²) < 4.78 is 7.81. The van der Waals surface area contributed by atoms with Crippen LogP contribution in [0.2, 0.25) is 0 Å². The topological polar surface area (TPSA) is 59.4 Å². The fourth-order valence-corrected chi connectivity index (χ4v) is 4.16. The first-order chi connectivity index (χ1) is 15.2. The summed E-state index contributed by atoms with van der Waals surface area (Å²) in [5.74, 6) is 1.54. The average Bonchev–Trinajstić information content (AvgIpc) is 3.02. The van der Waals surface area contributed by atoms with E-state index in [1.807, 2.05) is 42.5 Å². The fraction of sp³-hybridized carbons (Fsp3) is 0.200. The summed E-state index contributed by atoms with van der Waals surface area (Å²) in [5.41, 5.74) is 4.52. The van der Waals surface area contributed by atoms with Crippen LogP contribution in [0.1, 0.15) is 22.6 Å². The summed E-state index contributed by atoms with van der Waals surface area (Å²) in [6.07, 6.45) is 1.02. The Labute approximate surface area is 181 Å². The molecule has 156 valence electrons. The van der Waals surface area contributed by atoms with E-state index in [1.54, 1.807) is 19.2 Å². The molecule has 1 aromatic heterocycles. The van der Waals surface area contributed by atoms with Crippen molar-refractivity contribution in [3.63, 3.8) is 0 Å². The minimum atomic E-state index is -0.159. The molecular weight excluding hydrogens is 388 g/mol. The minimum absolute atomic E-state index is 0.159. The predicted octanol–water partition coefficient (Wildman–Crippen LogP) is 4.71. The quantitative estimate of drug-likeness (QED) is 0.528. The number of rotatable bonds is 4. The maximum absolute atomic E-state index is 12.7. The molecule has 31 heavy (non-hydrogen) atoms. The van der Waals surface area contributed by atoms with Crippen molar-refractivity contribution in [2.75, 3.05) is 23.9 Å². The van der Waals surface area contributed by atoms with Crippen molar-refractivity contribution in [1.29, 1.82) is 0 Å². The first-order valence-electron chi connectivity index (χ1n) is 10.5. The van der Waals surface area contributed by atoms with Gasteiger partial charge in [-0.05, 0) is 48.9 Å². The Bertz CT molecular complexity index is 1230. The van der Waals surface area contributed by atoms with Crippen LogP contribution < -0.4 is 15.0 Å². The van der Waals surface area contributed by atoms with Gasteiger partial charge in [-0.25, -0.2) is 4.98 Å². The molecule has 1 amide bonds. The molecule has 0 unspecified atom stereocenters. The van der Waals surface area contributed by atoms with Crippen molar-refractivity contribution in [2.24, 2.45) is 0 Å². The third kappa shape index (κ3) is 3.72. The van der Waals surface area contributed by atoms with Gasteiger partial charge < -0.3 is 19.5 Å². The van der Waals surface area contributed by atoms with E-state index in [9.17, 15) is 4.79 Å². The minimum Gasteiger partial charge on any atom is -0.495 e. The lowest BCUT2D eigenvalue weighted by Crippen LogP contribution is -2.23. The SMILES string of the molecule is COc1ccc(N2CCCn3c(nc4ccccc43)C2)cc1NC(=O)c1ccccc1. The van der Waals surface area contributed by atoms with Gasteiger partial charge in [0.05, 0.1) is 30.4 Å². The van der Waals surface area contributed by atoms with Crippen LogP contribution in [-0.4, -0.2) is 29.1 Å². The molecule has 5 rings (SSSR count). The van der Waals surface area contributed by atoms with Crippen molar-refractivity contribution in [3.8, 4) is 5.75 Å². The number of imidazole rings is 1. The first-order valence-corrected chi connectivity index (χ1v) is 10.5. The van der Waals surface area contributed by atoms with Crippen LogP contribution in [0.15, 0.2) is 72.8 Å². The van der Waals surface area contributed by atoms with E-state index in [1.165, 1.54) is 5.52 Å². The lowest BCUT2D eigenvalue weighted by molar-refractivity contribution is 0.102. The number of anilines is 2. The smallest absolute Gasteiger partial charge is 0.255 e. The van der Waals surface area contributed by atoms with Gasteiger partial charge in [-0.15, -0.1) is 0 Å². The van der Waals surface area contributed by atoms with E-state index in [0.29, 0.717) is 23.5 Å². The standard InChI is InChI=1S/C25H24N4O2/c1-31-23-13-12-19(16-21(23)27-25(30)18-8-3-2-4-9-18)28-14-7-15-29-22-11-6-5-10-20(22)26-24(29)17-28/h2-6,8-13,16H,7,14-15,17H2,1H3,(H,27,30). The first kappa shape index (κ1) is 19.2. The number of para-hydroxylation sites is 2. The van der Waals surface area contributed by atoms with E-state index in [0.717, 1.165) is 36.5 Å². The number of hydrogen-bond donors (Lipinski definition) is 1. The molecule has 4 aromatic rings. The molecule has 0 saturated carbocycles. The number of aryl methyl sites for hydroxylation is 1. The van der Waals surface area contributed by atoms with Gasteiger partial charge in [-0.1, -0.05) is 30.3 Å². The van der Waals surface area contributed by atoms with E-state index < -0.39 is 0 Å². The molecular formula is C25H24N4O2. The number of aromatic nitrogens is 2. The van der Waals surface area contributed by atoms with E-state index in [2.05, 4.69) is 33.0 Å². The lowest BCUT2D eigenvalue weighted by Gasteiger charge is -2.23. The number of carbonyl (C=O) groups is 1. The van der Waals surface area contributed by atoms with Crippen LogP contribution in [0.25, 0.3) is 11.0 Å². The van der Waals surface area contributed by atoms with Crippen molar-refractivity contribution in [3.05, 3.63) is 84.2 Å². The monoisotopic (exact) mass is 412 g/mol. The van der Waals surface area contributed by atoms with E-state index in [4.69, 9.17) is 9.72 Å². The molecule has 3 aromatic carbocycles. The number of fused-ring (bicyclic) bond motifs is 3. The fourth-order valence-electron chi connectivity index (χ4n) is 4.16. The molecule has 0 bridgehead atoms. The molecule has 0 fully saturated rings. The second-order valence-electron chi connectivity index (χ2n) is 7.65. The summed E-state index contributed by atoms with van der Waals surface area (Å²) in [5, 5.41) is 3.00. The molecule has 0 saturated heterocycles. The number of hydrogen-bond acceptors (Lipinski definition) is 4. The van der Waals surface area contributed by atoms with Gasteiger partial charge in [-0.2, -0.15) is 0 Å². The third-order valence-corrected chi connectivity index (χ3v) is 5.71. The van der Waals surface area contributed by atoms with Crippen LogP contribution in [0.4, 0.5) is 11.4 Å². The summed E-state index contributed by atoms with van der Waals surface area (Å²) in [6.45, 7) is 2.57. The number of nitrogens with zero attached hydrogens (tertiary/aromatic N) is 3. The highest BCUT2D eigenvalue weighted by Gasteiger charge is 2.20. The molecule has 6 nitrogen and oxygen atoms in total. The summed E-state index contributed by atoms with van der Waals surface area (Å²) in [4.78, 5) is 19.9. The lowest BCUT2D eigenvalue weighted by atomic mass is 10.2. The van der Waals surface area contributed by atoms with Gasteiger partial charge in [0.15, 0.2) is 0 Å². The second-order valence-corrected chi connectivity index (χ2v) is 7.65. The molecule has 0 radical (unpaired) electrons. The number of benzene rings is 3.